The van der Waals surface area contributed by atoms with Crippen LogP contribution in [-0.4, -0.2) is 23.9 Å². The Morgan fingerprint density at radius 3 is 2.72 bits per heavy atom. The Balaban J connectivity index is 2.58. The van der Waals surface area contributed by atoms with Crippen LogP contribution in [0, 0.1) is 30.6 Å². The zero-order chi connectivity index (χ0) is 13.4. The second-order valence-corrected chi connectivity index (χ2v) is 4.04. The highest BCUT2D eigenvalue weighted by Gasteiger charge is 2.12. The second-order valence-electron chi connectivity index (χ2n) is 4.04. The molecule has 0 radical (unpaired) electrons. The summed E-state index contributed by atoms with van der Waals surface area (Å²) in [6, 6.07) is 9.92. The number of terminal acetylenes is 1. The highest BCUT2D eigenvalue weighted by Crippen LogP contribution is 2.10. The maximum atomic E-state index is 11.9. The number of rotatable bonds is 5. The van der Waals surface area contributed by atoms with Gasteiger partial charge in [-0.2, -0.15) is 5.26 Å². The maximum absolute atomic E-state index is 11.9. The van der Waals surface area contributed by atoms with Crippen LogP contribution in [0.25, 0.3) is 0 Å². The zero-order valence-corrected chi connectivity index (χ0v) is 10.5. The van der Waals surface area contributed by atoms with Crippen LogP contribution < -0.4 is 0 Å². The van der Waals surface area contributed by atoms with E-state index in [0.717, 1.165) is 5.56 Å². The molecule has 0 aliphatic heterocycles. The molecule has 0 spiro atoms. The molecule has 0 saturated carbocycles. The Morgan fingerprint density at radius 1 is 1.39 bits per heavy atom. The quantitative estimate of drug-likeness (QED) is 0.583. The lowest BCUT2D eigenvalue weighted by atomic mass is 10.0. The molecular formula is C15H16N2O. The summed E-state index contributed by atoms with van der Waals surface area (Å²) in [7, 11) is 0. The predicted octanol–water partition coefficient (Wildman–Crippen LogP) is 1.91. The lowest BCUT2D eigenvalue weighted by Crippen LogP contribution is -2.31. The fourth-order valence-electron chi connectivity index (χ4n) is 1.72. The van der Waals surface area contributed by atoms with Gasteiger partial charge in [0.2, 0.25) is 5.91 Å². The molecule has 1 aromatic rings. The Morgan fingerprint density at radius 2 is 2.11 bits per heavy atom. The van der Waals surface area contributed by atoms with Crippen molar-refractivity contribution in [2.24, 2.45) is 0 Å². The third kappa shape index (κ3) is 3.96. The van der Waals surface area contributed by atoms with Gasteiger partial charge in [-0.3, -0.25) is 4.79 Å². The summed E-state index contributed by atoms with van der Waals surface area (Å²) in [5, 5.41) is 8.63. The van der Waals surface area contributed by atoms with Crippen molar-refractivity contribution in [3.63, 3.8) is 0 Å². The number of amides is 1. The molecule has 0 atom stereocenters. The van der Waals surface area contributed by atoms with Gasteiger partial charge in [0.05, 0.1) is 12.6 Å². The lowest BCUT2D eigenvalue weighted by molar-refractivity contribution is -0.129. The van der Waals surface area contributed by atoms with Crippen LogP contribution >= 0.6 is 0 Å². The number of nitrogens with zero attached hydrogens (tertiary/aromatic N) is 2. The van der Waals surface area contributed by atoms with Gasteiger partial charge in [-0.25, -0.2) is 0 Å². The molecule has 0 fully saturated rings. The van der Waals surface area contributed by atoms with Crippen molar-refractivity contribution in [1.82, 2.24) is 4.90 Å². The summed E-state index contributed by atoms with van der Waals surface area (Å²) < 4.78 is 0. The zero-order valence-electron chi connectivity index (χ0n) is 10.5. The first-order valence-electron chi connectivity index (χ1n) is 5.81. The van der Waals surface area contributed by atoms with Crippen molar-refractivity contribution in [2.75, 3.05) is 13.1 Å². The van der Waals surface area contributed by atoms with Gasteiger partial charge in [-0.15, -0.1) is 6.42 Å². The minimum absolute atomic E-state index is 0.0524. The number of aryl methyl sites for hydroxylation is 2. The van der Waals surface area contributed by atoms with Crippen LogP contribution in [0.1, 0.15) is 17.5 Å². The van der Waals surface area contributed by atoms with E-state index in [4.69, 9.17) is 11.7 Å². The van der Waals surface area contributed by atoms with E-state index >= 15 is 0 Å². The van der Waals surface area contributed by atoms with E-state index in [9.17, 15) is 4.79 Å². The van der Waals surface area contributed by atoms with Crippen molar-refractivity contribution >= 4 is 5.91 Å². The van der Waals surface area contributed by atoms with Crippen molar-refractivity contribution in [3.8, 4) is 18.4 Å². The number of carbonyl (C=O) groups excluding carboxylic acids is 1. The lowest BCUT2D eigenvalue weighted by Gasteiger charge is -2.16. The molecule has 0 aliphatic rings. The van der Waals surface area contributed by atoms with Gasteiger partial charge in [0.1, 0.15) is 6.54 Å². The van der Waals surface area contributed by atoms with Crippen LogP contribution in [0.5, 0.6) is 0 Å². The summed E-state index contributed by atoms with van der Waals surface area (Å²) in [5.74, 6) is 2.33. The van der Waals surface area contributed by atoms with E-state index in [1.54, 1.807) is 0 Å². The summed E-state index contributed by atoms with van der Waals surface area (Å²) >= 11 is 0. The van der Waals surface area contributed by atoms with Crippen LogP contribution in [0.3, 0.4) is 0 Å². The average Bonchev–Trinajstić information content (AvgIpc) is 2.37. The highest BCUT2D eigenvalue weighted by molar-refractivity contribution is 5.77. The Bertz CT molecular complexity index is 478. The number of benzene rings is 1. The van der Waals surface area contributed by atoms with Gasteiger partial charge in [-0.05, 0) is 24.5 Å². The number of hydrogen-bond donors (Lipinski definition) is 0. The average molecular weight is 240 g/mol. The molecule has 1 rings (SSSR count). The molecule has 92 valence electrons. The van der Waals surface area contributed by atoms with Gasteiger partial charge in [0, 0.05) is 6.42 Å². The minimum atomic E-state index is -0.0715. The maximum Gasteiger partial charge on any atom is 0.224 e. The van der Waals surface area contributed by atoms with E-state index in [1.807, 2.05) is 37.3 Å². The van der Waals surface area contributed by atoms with Crippen LogP contribution in [0.2, 0.25) is 0 Å². The van der Waals surface area contributed by atoms with Crippen LogP contribution in [0.15, 0.2) is 24.3 Å². The first-order chi connectivity index (χ1) is 8.69. The molecule has 1 aromatic carbocycles. The van der Waals surface area contributed by atoms with E-state index in [-0.39, 0.29) is 19.0 Å². The van der Waals surface area contributed by atoms with E-state index in [2.05, 4.69) is 5.92 Å². The molecule has 0 saturated heterocycles. The number of hydrogen-bond acceptors (Lipinski definition) is 2. The standard InChI is InChI=1S/C15H16N2O/c1-3-11-17(12-10-16)15(18)9-8-14-7-5-4-6-13(14)2/h1,4-7H,8-9,11-12H2,2H3. The fourth-order valence-corrected chi connectivity index (χ4v) is 1.72. The van der Waals surface area contributed by atoms with Gasteiger partial charge >= 0.3 is 0 Å². The summed E-state index contributed by atoms with van der Waals surface area (Å²) in [6.45, 7) is 2.27. The number of nitriles is 1. The number of carbonyl (C=O) groups is 1. The molecule has 0 N–H and O–H groups in total. The summed E-state index contributed by atoms with van der Waals surface area (Å²) in [5.41, 5.74) is 2.33. The molecule has 18 heavy (non-hydrogen) atoms. The van der Waals surface area contributed by atoms with Gasteiger partial charge in [0.25, 0.3) is 0 Å². The molecular weight excluding hydrogens is 224 g/mol. The largest absolute Gasteiger partial charge is 0.318 e. The monoisotopic (exact) mass is 240 g/mol. The topological polar surface area (TPSA) is 44.1 Å². The van der Waals surface area contributed by atoms with Crippen LogP contribution in [0.4, 0.5) is 0 Å². The summed E-state index contributed by atoms with van der Waals surface area (Å²) in [4.78, 5) is 13.3. The predicted molar refractivity (Wildman–Crippen MR) is 70.5 cm³/mol. The van der Waals surface area contributed by atoms with Gasteiger partial charge in [-0.1, -0.05) is 30.2 Å². The molecule has 0 aromatic heterocycles. The first kappa shape index (κ1) is 13.8. The van der Waals surface area contributed by atoms with Gasteiger partial charge in [0.15, 0.2) is 0 Å². The summed E-state index contributed by atoms with van der Waals surface area (Å²) in [6.07, 6.45) is 6.24. The molecule has 1 amide bonds. The highest BCUT2D eigenvalue weighted by atomic mass is 16.2. The van der Waals surface area contributed by atoms with Crippen molar-refractivity contribution in [2.45, 2.75) is 19.8 Å². The van der Waals surface area contributed by atoms with E-state index in [1.165, 1.54) is 10.5 Å². The molecule has 0 unspecified atom stereocenters. The third-order valence-electron chi connectivity index (χ3n) is 2.77. The fraction of sp³-hybridized carbons (Fsp3) is 0.333. The van der Waals surface area contributed by atoms with Gasteiger partial charge < -0.3 is 4.90 Å². The Kier molecular flexibility index (Phi) is 5.48. The molecule has 3 nitrogen and oxygen atoms in total. The second kappa shape index (κ2) is 7.14. The molecule has 0 heterocycles. The van der Waals surface area contributed by atoms with E-state index < -0.39 is 0 Å². The first-order valence-corrected chi connectivity index (χ1v) is 5.81. The minimum Gasteiger partial charge on any atom is -0.318 e. The van der Waals surface area contributed by atoms with Crippen molar-refractivity contribution in [1.29, 1.82) is 5.26 Å². The Labute approximate surface area is 108 Å². The van der Waals surface area contributed by atoms with Crippen LogP contribution in [-0.2, 0) is 11.2 Å². The Hall–Kier alpha value is -2.26. The smallest absolute Gasteiger partial charge is 0.224 e. The normalized spacial score (nSPS) is 9.28. The molecule has 3 heteroatoms. The molecule has 0 bridgehead atoms. The third-order valence-corrected chi connectivity index (χ3v) is 2.77. The van der Waals surface area contributed by atoms with E-state index in [0.29, 0.717) is 12.8 Å². The SMILES string of the molecule is C#CCN(CC#N)C(=O)CCc1ccccc1C. The van der Waals surface area contributed by atoms with Crippen molar-refractivity contribution < 1.29 is 4.79 Å². The van der Waals surface area contributed by atoms with Crippen molar-refractivity contribution in [3.05, 3.63) is 35.4 Å². The molecule has 0 aliphatic carbocycles.